The van der Waals surface area contributed by atoms with Gasteiger partial charge in [-0.3, -0.25) is 4.79 Å². The molecule has 0 radical (unpaired) electrons. The maximum atomic E-state index is 11.6. The standard InChI is InChI=1S/C17H16Br2O2/c1-11(13-5-7-14(18)8-6-13)16(17(20)21)10-12-3-2-4-15(19)9-12/h2-9,11,16H,10H2,1H3,(H,20,21). The van der Waals surface area contributed by atoms with E-state index in [1.165, 1.54) is 0 Å². The SMILES string of the molecule is CC(c1ccc(Br)cc1)C(Cc1cccc(Br)c1)C(=O)O. The molecule has 110 valence electrons. The van der Waals surface area contributed by atoms with Crippen LogP contribution in [0.25, 0.3) is 0 Å². The molecule has 2 nitrogen and oxygen atoms in total. The minimum absolute atomic E-state index is 0.0467. The second kappa shape index (κ2) is 7.23. The number of carboxylic acid groups (broad SMARTS) is 1. The third-order valence-corrected chi connectivity index (χ3v) is 4.68. The van der Waals surface area contributed by atoms with Crippen LogP contribution in [0.15, 0.2) is 57.5 Å². The van der Waals surface area contributed by atoms with Crippen molar-refractivity contribution in [2.24, 2.45) is 5.92 Å². The average Bonchev–Trinajstić information content (AvgIpc) is 2.44. The van der Waals surface area contributed by atoms with E-state index in [9.17, 15) is 9.90 Å². The quantitative estimate of drug-likeness (QED) is 0.728. The lowest BCUT2D eigenvalue weighted by molar-refractivity contribution is -0.142. The molecular weight excluding hydrogens is 396 g/mol. The summed E-state index contributed by atoms with van der Waals surface area (Å²) in [4.78, 5) is 11.6. The van der Waals surface area contributed by atoms with Gasteiger partial charge >= 0.3 is 5.97 Å². The second-order valence-electron chi connectivity index (χ2n) is 5.12. The van der Waals surface area contributed by atoms with Gasteiger partial charge in [0.15, 0.2) is 0 Å². The van der Waals surface area contributed by atoms with Crippen LogP contribution in [0, 0.1) is 5.92 Å². The van der Waals surface area contributed by atoms with Gasteiger partial charge in [0, 0.05) is 8.95 Å². The van der Waals surface area contributed by atoms with Gasteiger partial charge in [-0.2, -0.15) is 0 Å². The average molecular weight is 412 g/mol. The highest BCUT2D eigenvalue weighted by atomic mass is 79.9. The van der Waals surface area contributed by atoms with Crippen LogP contribution in [0.4, 0.5) is 0 Å². The Bertz CT molecular complexity index is 623. The minimum atomic E-state index is -0.759. The first-order chi connectivity index (χ1) is 9.97. The van der Waals surface area contributed by atoms with Crippen LogP contribution in [-0.4, -0.2) is 11.1 Å². The lowest BCUT2D eigenvalue weighted by Crippen LogP contribution is -2.22. The van der Waals surface area contributed by atoms with Gasteiger partial charge in [0.2, 0.25) is 0 Å². The molecule has 0 saturated heterocycles. The normalized spacial score (nSPS) is 13.7. The fourth-order valence-electron chi connectivity index (χ4n) is 2.39. The summed E-state index contributed by atoms with van der Waals surface area (Å²) in [6.07, 6.45) is 0.520. The van der Waals surface area contributed by atoms with Crippen LogP contribution < -0.4 is 0 Å². The van der Waals surface area contributed by atoms with Crippen LogP contribution in [0.2, 0.25) is 0 Å². The topological polar surface area (TPSA) is 37.3 Å². The molecule has 0 fully saturated rings. The van der Waals surface area contributed by atoms with Gasteiger partial charge in [-0.15, -0.1) is 0 Å². The summed E-state index contributed by atoms with van der Waals surface area (Å²) < 4.78 is 1.97. The maximum Gasteiger partial charge on any atom is 0.307 e. The van der Waals surface area contributed by atoms with Crippen molar-refractivity contribution in [3.63, 3.8) is 0 Å². The number of carboxylic acids is 1. The lowest BCUT2D eigenvalue weighted by Gasteiger charge is -2.21. The van der Waals surface area contributed by atoms with Gasteiger partial charge in [0.25, 0.3) is 0 Å². The Labute approximate surface area is 141 Å². The summed E-state index contributed by atoms with van der Waals surface area (Å²) in [5, 5.41) is 9.57. The molecule has 0 saturated carbocycles. The Morgan fingerprint density at radius 3 is 2.33 bits per heavy atom. The molecule has 0 aliphatic carbocycles. The Morgan fingerprint density at radius 2 is 1.76 bits per heavy atom. The van der Waals surface area contributed by atoms with Crippen LogP contribution in [-0.2, 0) is 11.2 Å². The molecule has 2 aromatic rings. The Morgan fingerprint density at radius 1 is 1.10 bits per heavy atom. The van der Waals surface area contributed by atoms with Gasteiger partial charge in [-0.25, -0.2) is 0 Å². The van der Waals surface area contributed by atoms with E-state index in [-0.39, 0.29) is 5.92 Å². The van der Waals surface area contributed by atoms with Crippen molar-refractivity contribution in [2.45, 2.75) is 19.3 Å². The van der Waals surface area contributed by atoms with Crippen LogP contribution in [0.3, 0.4) is 0 Å². The van der Waals surface area contributed by atoms with Crippen molar-refractivity contribution in [3.8, 4) is 0 Å². The lowest BCUT2D eigenvalue weighted by atomic mass is 9.83. The first-order valence-electron chi connectivity index (χ1n) is 6.70. The first-order valence-corrected chi connectivity index (χ1v) is 8.28. The van der Waals surface area contributed by atoms with Crippen molar-refractivity contribution in [2.75, 3.05) is 0 Å². The highest BCUT2D eigenvalue weighted by Gasteiger charge is 2.26. The third kappa shape index (κ3) is 4.42. The molecule has 21 heavy (non-hydrogen) atoms. The van der Waals surface area contributed by atoms with Gasteiger partial charge in [-0.1, -0.05) is 63.0 Å². The zero-order valence-electron chi connectivity index (χ0n) is 11.6. The van der Waals surface area contributed by atoms with E-state index in [2.05, 4.69) is 31.9 Å². The monoisotopic (exact) mass is 410 g/mol. The zero-order valence-corrected chi connectivity index (χ0v) is 14.8. The highest BCUT2D eigenvalue weighted by molar-refractivity contribution is 9.10. The Balaban J connectivity index is 2.22. The van der Waals surface area contributed by atoms with E-state index in [4.69, 9.17) is 0 Å². The molecule has 0 heterocycles. The fraction of sp³-hybridized carbons (Fsp3) is 0.235. The molecule has 0 bridgehead atoms. The summed E-state index contributed by atoms with van der Waals surface area (Å²) in [6, 6.07) is 15.7. The summed E-state index contributed by atoms with van der Waals surface area (Å²) in [7, 11) is 0. The van der Waals surface area contributed by atoms with Crippen molar-refractivity contribution >= 4 is 37.8 Å². The molecule has 2 unspecified atom stereocenters. The molecule has 0 aromatic heterocycles. The molecule has 1 N–H and O–H groups in total. The predicted molar refractivity (Wildman–Crippen MR) is 91.5 cm³/mol. The summed E-state index contributed by atoms with van der Waals surface area (Å²) in [5.74, 6) is -1.25. The van der Waals surface area contributed by atoms with E-state index in [0.29, 0.717) is 6.42 Å². The Hall–Kier alpha value is -1.13. The van der Waals surface area contributed by atoms with Crippen LogP contribution in [0.5, 0.6) is 0 Å². The molecule has 0 aliphatic rings. The molecule has 0 amide bonds. The van der Waals surface area contributed by atoms with Crippen LogP contribution >= 0.6 is 31.9 Å². The van der Waals surface area contributed by atoms with Gasteiger partial charge in [-0.05, 0) is 47.7 Å². The maximum absolute atomic E-state index is 11.6. The van der Waals surface area contributed by atoms with E-state index in [1.54, 1.807) is 0 Å². The first kappa shape index (κ1) is 16.2. The second-order valence-corrected chi connectivity index (χ2v) is 6.95. The van der Waals surface area contributed by atoms with E-state index in [0.717, 1.165) is 20.1 Å². The number of hydrogen-bond acceptors (Lipinski definition) is 1. The number of halogens is 2. The van der Waals surface area contributed by atoms with Crippen LogP contribution in [0.1, 0.15) is 24.0 Å². The summed E-state index contributed by atoms with van der Waals surface area (Å²) in [5.41, 5.74) is 2.07. The largest absolute Gasteiger partial charge is 0.481 e. The molecule has 0 aliphatic heterocycles. The number of carbonyl (C=O) groups is 1. The fourth-order valence-corrected chi connectivity index (χ4v) is 3.11. The van der Waals surface area contributed by atoms with Crippen molar-refractivity contribution in [3.05, 3.63) is 68.6 Å². The van der Waals surface area contributed by atoms with Gasteiger partial charge < -0.3 is 5.11 Å². The predicted octanol–water partition coefficient (Wildman–Crippen LogP) is 5.26. The smallest absolute Gasteiger partial charge is 0.307 e. The molecule has 4 heteroatoms. The summed E-state index contributed by atoms with van der Waals surface area (Å²) >= 11 is 6.83. The minimum Gasteiger partial charge on any atom is -0.481 e. The molecular formula is C17H16Br2O2. The zero-order chi connectivity index (χ0) is 15.4. The van der Waals surface area contributed by atoms with E-state index >= 15 is 0 Å². The molecule has 0 spiro atoms. The van der Waals surface area contributed by atoms with Crippen molar-refractivity contribution in [1.29, 1.82) is 0 Å². The van der Waals surface area contributed by atoms with E-state index in [1.807, 2.05) is 55.5 Å². The summed E-state index contributed by atoms with van der Waals surface area (Å²) in [6.45, 7) is 1.97. The molecule has 2 aromatic carbocycles. The Kier molecular flexibility index (Phi) is 5.59. The number of hydrogen-bond donors (Lipinski definition) is 1. The third-order valence-electron chi connectivity index (χ3n) is 3.66. The van der Waals surface area contributed by atoms with Gasteiger partial charge in [0.05, 0.1) is 5.92 Å². The number of rotatable bonds is 5. The van der Waals surface area contributed by atoms with E-state index < -0.39 is 11.9 Å². The van der Waals surface area contributed by atoms with Crippen molar-refractivity contribution < 1.29 is 9.90 Å². The highest BCUT2D eigenvalue weighted by Crippen LogP contribution is 2.29. The molecule has 2 atom stereocenters. The number of benzene rings is 2. The van der Waals surface area contributed by atoms with Crippen molar-refractivity contribution in [1.82, 2.24) is 0 Å². The number of aliphatic carboxylic acids is 1. The van der Waals surface area contributed by atoms with Gasteiger partial charge in [0.1, 0.15) is 0 Å². The molecule has 2 rings (SSSR count).